The topological polar surface area (TPSA) is 42.9 Å². The predicted molar refractivity (Wildman–Crippen MR) is 137 cm³/mol. The van der Waals surface area contributed by atoms with Crippen molar-refractivity contribution in [2.45, 2.75) is 59.2 Å². The Balaban J connectivity index is 0.00000300. The van der Waals surface area contributed by atoms with E-state index in [0.717, 1.165) is 32.1 Å². The molecule has 2 aliphatic rings. The van der Waals surface area contributed by atoms with E-state index in [-0.39, 0.29) is 24.0 Å². The lowest BCUT2D eigenvalue weighted by molar-refractivity contribution is 0.182. The Morgan fingerprint density at radius 1 is 1.28 bits per heavy atom. The largest absolute Gasteiger partial charge is 0.357 e. The number of nitrogens with zero attached hydrogens (tertiary/aromatic N) is 3. The van der Waals surface area contributed by atoms with Gasteiger partial charge in [0.2, 0.25) is 0 Å². The zero-order valence-corrected chi connectivity index (χ0v) is 21.7. The summed E-state index contributed by atoms with van der Waals surface area (Å²) in [6.45, 7) is 16.8. The Kier molecular flexibility index (Phi) is 10.7. The van der Waals surface area contributed by atoms with Crippen LogP contribution in [0.25, 0.3) is 0 Å². The summed E-state index contributed by atoms with van der Waals surface area (Å²) in [6, 6.07) is 5.52. The molecule has 0 amide bonds. The maximum absolute atomic E-state index is 4.97. The molecule has 2 N–H and O–H groups in total. The SMILES string of the molecule is CCNC(=NCC1CCN(Cc2cccs2)CC1)NC1CN(C(C)C)CC1C.I. The minimum atomic E-state index is 0. The van der Waals surface area contributed by atoms with Crippen molar-refractivity contribution in [2.24, 2.45) is 16.8 Å². The smallest absolute Gasteiger partial charge is 0.191 e. The number of guanidine groups is 1. The second-order valence-corrected chi connectivity index (χ2v) is 9.83. The van der Waals surface area contributed by atoms with E-state index in [1.807, 2.05) is 11.3 Å². The molecule has 0 bridgehead atoms. The lowest BCUT2D eigenvalue weighted by Gasteiger charge is -2.31. The third-order valence-corrected chi connectivity index (χ3v) is 7.07. The Morgan fingerprint density at radius 3 is 2.62 bits per heavy atom. The van der Waals surface area contributed by atoms with Crippen LogP contribution in [0.15, 0.2) is 22.5 Å². The predicted octanol–water partition coefficient (Wildman–Crippen LogP) is 3.86. The quantitative estimate of drug-likeness (QED) is 0.318. The Hall–Kier alpha value is -0.380. The third kappa shape index (κ3) is 7.67. The van der Waals surface area contributed by atoms with Crippen molar-refractivity contribution < 1.29 is 0 Å². The van der Waals surface area contributed by atoms with Crippen LogP contribution in [-0.2, 0) is 6.54 Å². The summed E-state index contributed by atoms with van der Waals surface area (Å²) >= 11 is 1.87. The number of nitrogens with one attached hydrogen (secondary N) is 2. The molecule has 3 heterocycles. The molecule has 2 saturated heterocycles. The van der Waals surface area contributed by atoms with Crippen molar-refractivity contribution in [1.29, 1.82) is 0 Å². The van der Waals surface area contributed by atoms with Gasteiger partial charge in [0.15, 0.2) is 5.96 Å². The molecule has 0 aromatic carbocycles. The summed E-state index contributed by atoms with van der Waals surface area (Å²) in [7, 11) is 0. The number of piperidine rings is 1. The van der Waals surface area contributed by atoms with E-state index < -0.39 is 0 Å². The van der Waals surface area contributed by atoms with Gasteiger partial charge in [-0.15, -0.1) is 35.3 Å². The fourth-order valence-corrected chi connectivity index (χ4v) is 5.03. The zero-order valence-electron chi connectivity index (χ0n) is 18.6. The van der Waals surface area contributed by atoms with Crippen LogP contribution < -0.4 is 10.6 Å². The van der Waals surface area contributed by atoms with Gasteiger partial charge in [-0.1, -0.05) is 13.0 Å². The number of aliphatic imine (C=N–C) groups is 1. The molecule has 1 aromatic heterocycles. The summed E-state index contributed by atoms with van der Waals surface area (Å²) in [5.41, 5.74) is 0. The highest BCUT2D eigenvalue weighted by Crippen LogP contribution is 2.21. The Bertz CT molecular complexity index is 598. The van der Waals surface area contributed by atoms with Crippen molar-refractivity contribution in [3.63, 3.8) is 0 Å². The maximum Gasteiger partial charge on any atom is 0.191 e. The van der Waals surface area contributed by atoms with Gasteiger partial charge in [-0.2, -0.15) is 0 Å². The average molecular weight is 534 g/mol. The second-order valence-electron chi connectivity index (χ2n) is 8.79. The van der Waals surface area contributed by atoms with Crippen LogP contribution >= 0.6 is 35.3 Å². The number of hydrogen-bond donors (Lipinski definition) is 2. The molecule has 0 saturated carbocycles. The molecule has 2 atom stereocenters. The summed E-state index contributed by atoms with van der Waals surface area (Å²) in [6.07, 6.45) is 2.52. The maximum atomic E-state index is 4.97. The number of thiophene rings is 1. The van der Waals surface area contributed by atoms with Crippen molar-refractivity contribution in [3.05, 3.63) is 22.4 Å². The van der Waals surface area contributed by atoms with Gasteiger partial charge in [-0.25, -0.2) is 0 Å². The molecule has 0 aliphatic carbocycles. The van der Waals surface area contributed by atoms with Crippen LogP contribution in [0.1, 0.15) is 45.4 Å². The first kappa shape index (κ1) is 24.9. The minimum absolute atomic E-state index is 0. The molecule has 166 valence electrons. The Labute approximate surface area is 198 Å². The van der Waals surface area contributed by atoms with Crippen molar-refractivity contribution in [3.8, 4) is 0 Å². The van der Waals surface area contributed by atoms with E-state index in [0.29, 0.717) is 23.9 Å². The molecule has 0 spiro atoms. The van der Waals surface area contributed by atoms with E-state index in [9.17, 15) is 0 Å². The van der Waals surface area contributed by atoms with E-state index >= 15 is 0 Å². The third-order valence-electron chi connectivity index (χ3n) is 6.21. The van der Waals surface area contributed by atoms with Gasteiger partial charge in [0.25, 0.3) is 0 Å². The van der Waals surface area contributed by atoms with Crippen LogP contribution in [0.5, 0.6) is 0 Å². The van der Waals surface area contributed by atoms with Gasteiger partial charge in [0.1, 0.15) is 0 Å². The van der Waals surface area contributed by atoms with Crippen LogP contribution in [0, 0.1) is 11.8 Å². The van der Waals surface area contributed by atoms with Gasteiger partial charge in [-0.05, 0) is 70.0 Å². The highest BCUT2D eigenvalue weighted by Gasteiger charge is 2.31. The van der Waals surface area contributed by atoms with Gasteiger partial charge >= 0.3 is 0 Å². The molecule has 2 aliphatic heterocycles. The first-order valence-electron chi connectivity index (χ1n) is 11.1. The van der Waals surface area contributed by atoms with Crippen molar-refractivity contribution in [1.82, 2.24) is 20.4 Å². The van der Waals surface area contributed by atoms with E-state index in [1.165, 1.54) is 37.4 Å². The molecule has 2 unspecified atom stereocenters. The summed E-state index contributed by atoms with van der Waals surface area (Å²) < 4.78 is 0. The summed E-state index contributed by atoms with van der Waals surface area (Å²) in [4.78, 5) is 11.6. The number of halogens is 1. The normalized spacial score (nSPS) is 24.7. The molecule has 29 heavy (non-hydrogen) atoms. The van der Waals surface area contributed by atoms with Gasteiger partial charge in [-0.3, -0.25) is 14.8 Å². The monoisotopic (exact) mass is 533 g/mol. The van der Waals surface area contributed by atoms with E-state index in [1.54, 1.807) is 0 Å². The summed E-state index contributed by atoms with van der Waals surface area (Å²) in [5, 5.41) is 9.36. The average Bonchev–Trinajstić information content (AvgIpc) is 3.31. The van der Waals surface area contributed by atoms with E-state index in [2.05, 4.69) is 65.6 Å². The molecule has 0 radical (unpaired) electrons. The fourth-order valence-electron chi connectivity index (χ4n) is 4.28. The molecule has 3 rings (SSSR count). The molecule has 1 aromatic rings. The van der Waals surface area contributed by atoms with E-state index in [4.69, 9.17) is 4.99 Å². The van der Waals surface area contributed by atoms with Gasteiger partial charge in [0.05, 0.1) is 0 Å². The highest BCUT2D eigenvalue weighted by molar-refractivity contribution is 14.0. The van der Waals surface area contributed by atoms with Crippen LogP contribution in [0.4, 0.5) is 0 Å². The number of hydrogen-bond acceptors (Lipinski definition) is 4. The van der Waals surface area contributed by atoms with Crippen molar-refractivity contribution in [2.75, 3.05) is 39.3 Å². The molecular weight excluding hydrogens is 493 g/mol. The van der Waals surface area contributed by atoms with Crippen molar-refractivity contribution >= 4 is 41.3 Å². The summed E-state index contributed by atoms with van der Waals surface area (Å²) in [5.74, 6) is 2.38. The molecular formula is C22H40IN5S. The Morgan fingerprint density at radius 2 is 2.03 bits per heavy atom. The number of rotatable bonds is 7. The lowest BCUT2D eigenvalue weighted by Crippen LogP contribution is -2.47. The van der Waals surface area contributed by atoms with Gasteiger partial charge in [0, 0.05) is 49.7 Å². The first-order valence-corrected chi connectivity index (χ1v) is 12.0. The lowest BCUT2D eigenvalue weighted by atomic mass is 9.97. The first-order chi connectivity index (χ1) is 13.5. The molecule has 7 heteroatoms. The van der Waals surface area contributed by atoms with Crippen LogP contribution in [-0.4, -0.2) is 67.1 Å². The fraction of sp³-hybridized carbons (Fsp3) is 0.773. The molecule has 2 fully saturated rings. The van der Waals surface area contributed by atoms with Crippen LogP contribution in [0.3, 0.4) is 0 Å². The van der Waals surface area contributed by atoms with Crippen LogP contribution in [0.2, 0.25) is 0 Å². The zero-order chi connectivity index (χ0) is 19.9. The minimum Gasteiger partial charge on any atom is -0.357 e. The highest BCUT2D eigenvalue weighted by atomic mass is 127. The number of likely N-dealkylation sites (tertiary alicyclic amines) is 2. The molecule has 5 nitrogen and oxygen atoms in total. The second kappa shape index (κ2) is 12.5. The van der Waals surface area contributed by atoms with Gasteiger partial charge < -0.3 is 10.6 Å². The standard InChI is InChI=1S/C22H39N5S.HI/c1-5-23-22(25-21-16-27(17(2)3)14-18(21)4)24-13-19-8-10-26(11-9-19)15-20-7-6-12-28-20;/h6-7,12,17-19,21H,5,8-11,13-16H2,1-4H3,(H2,23,24,25);1H.